The summed E-state index contributed by atoms with van der Waals surface area (Å²) >= 11 is 3.52. The van der Waals surface area contributed by atoms with Crippen LogP contribution in [0.1, 0.15) is 25.8 Å². The van der Waals surface area contributed by atoms with Crippen molar-refractivity contribution in [3.05, 3.63) is 23.9 Å². The third-order valence-electron chi connectivity index (χ3n) is 3.42. The summed E-state index contributed by atoms with van der Waals surface area (Å²) in [5.74, 6) is 1.93. The number of pyridine rings is 1. The van der Waals surface area contributed by atoms with Crippen molar-refractivity contribution in [3.63, 3.8) is 0 Å². The Kier molecular flexibility index (Phi) is 3.29. The Bertz CT molecular complexity index is 340. The Morgan fingerprint density at radius 2 is 2.33 bits per heavy atom. The van der Waals surface area contributed by atoms with Gasteiger partial charge in [0.2, 0.25) is 0 Å². The van der Waals surface area contributed by atoms with Gasteiger partial charge >= 0.3 is 0 Å². The van der Waals surface area contributed by atoms with Gasteiger partial charge in [0.05, 0.1) is 0 Å². The van der Waals surface area contributed by atoms with Crippen LogP contribution in [-0.2, 0) is 5.33 Å². The van der Waals surface area contributed by atoms with Gasteiger partial charge in [0, 0.05) is 29.7 Å². The van der Waals surface area contributed by atoms with Crippen LogP contribution in [0.15, 0.2) is 18.3 Å². The molecule has 1 aromatic rings. The zero-order chi connectivity index (χ0) is 10.8. The first-order chi connectivity index (χ1) is 7.24. The molecule has 2 rings (SSSR count). The van der Waals surface area contributed by atoms with Crippen LogP contribution >= 0.6 is 15.9 Å². The maximum atomic E-state index is 4.51. The van der Waals surface area contributed by atoms with Crippen LogP contribution in [0.5, 0.6) is 0 Å². The standard InChI is InChI=1S/C12H17BrN2/c1-9-5-7-15(10(9)2)12-11(8-13)4-3-6-14-12/h3-4,6,9-10H,5,7-8H2,1-2H3. The average molecular weight is 269 g/mol. The molecule has 0 bridgehead atoms. The molecule has 0 saturated carbocycles. The fourth-order valence-corrected chi connectivity index (χ4v) is 2.62. The molecule has 3 heteroatoms. The second kappa shape index (κ2) is 4.52. The van der Waals surface area contributed by atoms with E-state index < -0.39 is 0 Å². The first kappa shape index (κ1) is 10.9. The van der Waals surface area contributed by atoms with Crippen LogP contribution in [-0.4, -0.2) is 17.6 Å². The van der Waals surface area contributed by atoms with Crippen molar-refractivity contribution in [1.82, 2.24) is 4.98 Å². The minimum Gasteiger partial charge on any atom is -0.353 e. The van der Waals surface area contributed by atoms with E-state index in [1.54, 1.807) is 0 Å². The fourth-order valence-electron chi connectivity index (χ4n) is 2.19. The lowest BCUT2D eigenvalue weighted by Crippen LogP contribution is -2.30. The largest absolute Gasteiger partial charge is 0.353 e. The van der Waals surface area contributed by atoms with E-state index in [0.717, 1.165) is 23.6 Å². The predicted octanol–water partition coefficient (Wildman–Crippen LogP) is 3.21. The summed E-state index contributed by atoms with van der Waals surface area (Å²) in [5, 5.41) is 0.883. The zero-order valence-electron chi connectivity index (χ0n) is 9.28. The van der Waals surface area contributed by atoms with E-state index in [-0.39, 0.29) is 0 Å². The molecular formula is C12H17BrN2. The molecule has 82 valence electrons. The number of hydrogen-bond acceptors (Lipinski definition) is 2. The van der Waals surface area contributed by atoms with E-state index in [2.05, 4.69) is 45.7 Å². The van der Waals surface area contributed by atoms with E-state index in [9.17, 15) is 0 Å². The first-order valence-electron chi connectivity index (χ1n) is 5.50. The number of hydrogen-bond donors (Lipinski definition) is 0. The molecular weight excluding hydrogens is 252 g/mol. The van der Waals surface area contributed by atoms with Crippen LogP contribution in [0.3, 0.4) is 0 Å². The third-order valence-corrected chi connectivity index (χ3v) is 4.03. The number of rotatable bonds is 2. The van der Waals surface area contributed by atoms with E-state index in [1.165, 1.54) is 12.0 Å². The molecule has 0 radical (unpaired) electrons. The summed E-state index contributed by atoms with van der Waals surface area (Å²) in [6.07, 6.45) is 3.16. The van der Waals surface area contributed by atoms with Crippen LogP contribution < -0.4 is 4.90 Å². The lowest BCUT2D eigenvalue weighted by Gasteiger charge is -2.26. The lowest BCUT2D eigenvalue weighted by molar-refractivity contribution is 0.544. The molecule has 0 N–H and O–H groups in total. The van der Waals surface area contributed by atoms with Gasteiger partial charge in [-0.2, -0.15) is 0 Å². The van der Waals surface area contributed by atoms with Gasteiger partial charge in [-0.05, 0) is 25.3 Å². The highest BCUT2D eigenvalue weighted by atomic mass is 79.9. The fraction of sp³-hybridized carbons (Fsp3) is 0.583. The maximum absolute atomic E-state index is 4.51. The Labute approximate surface area is 99.8 Å². The smallest absolute Gasteiger partial charge is 0.132 e. The van der Waals surface area contributed by atoms with Gasteiger partial charge in [-0.3, -0.25) is 0 Å². The van der Waals surface area contributed by atoms with Crippen molar-refractivity contribution >= 4 is 21.7 Å². The number of anilines is 1. The average Bonchev–Trinajstić information content (AvgIpc) is 2.60. The molecule has 1 aliphatic rings. The van der Waals surface area contributed by atoms with Crippen molar-refractivity contribution in [2.45, 2.75) is 31.6 Å². The molecule has 0 spiro atoms. The van der Waals surface area contributed by atoms with Gasteiger partial charge in [0.15, 0.2) is 0 Å². The number of halogens is 1. The van der Waals surface area contributed by atoms with E-state index in [1.807, 2.05) is 12.3 Å². The molecule has 1 aromatic heterocycles. The summed E-state index contributed by atoms with van der Waals surface area (Å²) in [5.41, 5.74) is 1.29. The van der Waals surface area contributed by atoms with Crippen LogP contribution in [0.2, 0.25) is 0 Å². The molecule has 2 heterocycles. The summed E-state index contributed by atoms with van der Waals surface area (Å²) in [6, 6.07) is 4.76. The van der Waals surface area contributed by atoms with E-state index in [4.69, 9.17) is 0 Å². The van der Waals surface area contributed by atoms with Crippen molar-refractivity contribution in [2.24, 2.45) is 5.92 Å². The predicted molar refractivity (Wildman–Crippen MR) is 67.5 cm³/mol. The number of alkyl halides is 1. The molecule has 0 aliphatic carbocycles. The summed E-state index contributed by atoms with van der Waals surface area (Å²) in [4.78, 5) is 6.94. The highest BCUT2D eigenvalue weighted by Crippen LogP contribution is 2.30. The van der Waals surface area contributed by atoms with Crippen molar-refractivity contribution in [2.75, 3.05) is 11.4 Å². The SMILES string of the molecule is CC1CCN(c2ncccc2CBr)C1C. The number of aromatic nitrogens is 1. The molecule has 2 nitrogen and oxygen atoms in total. The molecule has 1 saturated heterocycles. The van der Waals surface area contributed by atoms with E-state index in [0.29, 0.717) is 6.04 Å². The number of nitrogens with zero attached hydrogens (tertiary/aromatic N) is 2. The Hall–Kier alpha value is -0.570. The van der Waals surface area contributed by atoms with Crippen molar-refractivity contribution in [3.8, 4) is 0 Å². The summed E-state index contributed by atoms with van der Waals surface area (Å²) in [7, 11) is 0. The monoisotopic (exact) mass is 268 g/mol. The summed E-state index contributed by atoms with van der Waals surface area (Å²) in [6.45, 7) is 5.76. The minimum atomic E-state index is 0.609. The highest BCUT2D eigenvalue weighted by Gasteiger charge is 2.29. The lowest BCUT2D eigenvalue weighted by atomic mass is 10.1. The molecule has 2 unspecified atom stereocenters. The maximum Gasteiger partial charge on any atom is 0.132 e. The van der Waals surface area contributed by atoms with Gasteiger partial charge in [-0.15, -0.1) is 0 Å². The van der Waals surface area contributed by atoms with Crippen molar-refractivity contribution < 1.29 is 0 Å². The Balaban J connectivity index is 2.29. The van der Waals surface area contributed by atoms with E-state index >= 15 is 0 Å². The van der Waals surface area contributed by atoms with Crippen LogP contribution in [0, 0.1) is 5.92 Å². The van der Waals surface area contributed by atoms with Gasteiger partial charge < -0.3 is 4.90 Å². The molecule has 1 aliphatic heterocycles. The second-order valence-corrected chi connectivity index (χ2v) is 4.88. The topological polar surface area (TPSA) is 16.1 Å². The van der Waals surface area contributed by atoms with Crippen LogP contribution in [0.25, 0.3) is 0 Å². The van der Waals surface area contributed by atoms with Crippen LogP contribution in [0.4, 0.5) is 5.82 Å². The Morgan fingerprint density at radius 1 is 1.53 bits per heavy atom. The molecule has 0 amide bonds. The third kappa shape index (κ3) is 2.03. The highest BCUT2D eigenvalue weighted by molar-refractivity contribution is 9.08. The Morgan fingerprint density at radius 3 is 2.93 bits per heavy atom. The normalized spacial score (nSPS) is 25.9. The summed E-state index contributed by atoms with van der Waals surface area (Å²) < 4.78 is 0. The quantitative estimate of drug-likeness (QED) is 0.766. The van der Waals surface area contributed by atoms with Gasteiger partial charge in [0.1, 0.15) is 5.82 Å². The molecule has 15 heavy (non-hydrogen) atoms. The van der Waals surface area contributed by atoms with Gasteiger partial charge in [0.25, 0.3) is 0 Å². The molecule has 2 atom stereocenters. The zero-order valence-corrected chi connectivity index (χ0v) is 10.9. The van der Waals surface area contributed by atoms with Crippen molar-refractivity contribution in [1.29, 1.82) is 0 Å². The minimum absolute atomic E-state index is 0.609. The molecule has 0 aromatic carbocycles. The molecule has 1 fully saturated rings. The van der Waals surface area contributed by atoms with Gasteiger partial charge in [-0.25, -0.2) is 4.98 Å². The second-order valence-electron chi connectivity index (χ2n) is 4.32. The van der Waals surface area contributed by atoms with Gasteiger partial charge in [-0.1, -0.05) is 28.9 Å². The first-order valence-corrected chi connectivity index (χ1v) is 6.62.